The average Bonchev–Trinajstić information content (AvgIpc) is 2.31. The molecule has 0 aromatic carbocycles. The zero-order chi connectivity index (χ0) is 13.0. The van der Waals surface area contributed by atoms with Gasteiger partial charge in [0.25, 0.3) is 0 Å². The molecule has 0 saturated carbocycles. The lowest BCUT2D eigenvalue weighted by molar-refractivity contribution is -0.119. The lowest BCUT2D eigenvalue weighted by atomic mass is 10.1. The molecule has 1 fully saturated rings. The van der Waals surface area contributed by atoms with Crippen molar-refractivity contribution in [1.29, 1.82) is 0 Å². The van der Waals surface area contributed by atoms with Crippen molar-refractivity contribution in [1.82, 2.24) is 14.9 Å². The van der Waals surface area contributed by atoms with E-state index in [1.807, 2.05) is 0 Å². The molecule has 7 heteroatoms. The number of nitrogens with one attached hydrogen (secondary N) is 1. The van der Waals surface area contributed by atoms with E-state index in [2.05, 4.69) is 20.2 Å². The summed E-state index contributed by atoms with van der Waals surface area (Å²) in [6.07, 6.45) is 3.34. The van der Waals surface area contributed by atoms with Crippen molar-refractivity contribution in [3.63, 3.8) is 0 Å². The summed E-state index contributed by atoms with van der Waals surface area (Å²) in [6.45, 7) is 2.06. The van der Waals surface area contributed by atoms with Crippen molar-refractivity contribution in [2.75, 3.05) is 25.0 Å². The molecule has 0 bridgehead atoms. The lowest BCUT2D eigenvalue weighted by Gasteiger charge is -2.31. The number of amides is 1. The second kappa shape index (κ2) is 5.97. The number of aromatic nitrogens is 2. The first-order chi connectivity index (χ1) is 8.63. The normalized spacial score (nSPS) is 17.6. The van der Waals surface area contributed by atoms with Crippen LogP contribution in [0.5, 0.6) is 0 Å². The highest BCUT2D eigenvalue weighted by molar-refractivity contribution is 6.29. The molecule has 1 aliphatic rings. The van der Waals surface area contributed by atoms with Crippen LogP contribution in [0.3, 0.4) is 0 Å². The molecule has 2 rings (SSSR count). The quantitative estimate of drug-likeness (QED) is 0.778. The van der Waals surface area contributed by atoms with Crippen LogP contribution in [0.15, 0.2) is 12.4 Å². The average molecular weight is 270 g/mol. The standard InChI is InChI=1S/C11H16ClN5O/c12-9-5-11(15-7-14-9)16-8-1-3-17(4-2-8)6-10(13)18/h5,7-8H,1-4,6H2,(H2,13,18)(H,14,15,16). The van der Waals surface area contributed by atoms with E-state index in [0.29, 0.717) is 17.7 Å². The Morgan fingerprint density at radius 3 is 2.83 bits per heavy atom. The van der Waals surface area contributed by atoms with Gasteiger partial charge in [0.05, 0.1) is 6.54 Å². The van der Waals surface area contributed by atoms with Crippen molar-refractivity contribution in [2.45, 2.75) is 18.9 Å². The number of likely N-dealkylation sites (tertiary alicyclic amines) is 1. The Bertz CT molecular complexity index is 420. The minimum Gasteiger partial charge on any atom is -0.369 e. The number of primary amides is 1. The van der Waals surface area contributed by atoms with Crippen molar-refractivity contribution < 1.29 is 4.79 Å². The predicted octanol–water partition coefficient (Wildman–Crippen LogP) is 0.492. The molecule has 3 N–H and O–H groups in total. The highest BCUT2D eigenvalue weighted by atomic mass is 35.5. The number of anilines is 1. The van der Waals surface area contributed by atoms with E-state index in [0.717, 1.165) is 31.7 Å². The van der Waals surface area contributed by atoms with E-state index >= 15 is 0 Å². The summed E-state index contributed by atoms with van der Waals surface area (Å²) in [5, 5.41) is 3.75. The molecule has 98 valence electrons. The van der Waals surface area contributed by atoms with E-state index in [-0.39, 0.29) is 5.91 Å². The largest absolute Gasteiger partial charge is 0.369 e. The number of hydrogen-bond acceptors (Lipinski definition) is 5. The highest BCUT2D eigenvalue weighted by Gasteiger charge is 2.20. The lowest BCUT2D eigenvalue weighted by Crippen LogP contribution is -2.43. The van der Waals surface area contributed by atoms with Gasteiger partial charge in [0.1, 0.15) is 17.3 Å². The number of piperidine rings is 1. The molecule has 1 aromatic heterocycles. The first kappa shape index (κ1) is 13.0. The Morgan fingerprint density at radius 1 is 1.50 bits per heavy atom. The second-order valence-corrected chi connectivity index (χ2v) is 4.77. The van der Waals surface area contributed by atoms with Crippen LogP contribution in [-0.2, 0) is 4.79 Å². The molecule has 0 radical (unpaired) electrons. The van der Waals surface area contributed by atoms with Gasteiger partial charge in [0.2, 0.25) is 5.91 Å². The fourth-order valence-electron chi connectivity index (χ4n) is 2.08. The number of nitrogens with two attached hydrogens (primary N) is 1. The summed E-state index contributed by atoms with van der Waals surface area (Å²) in [6, 6.07) is 2.05. The molecule has 0 atom stereocenters. The highest BCUT2D eigenvalue weighted by Crippen LogP contribution is 2.16. The Morgan fingerprint density at radius 2 is 2.22 bits per heavy atom. The van der Waals surface area contributed by atoms with Gasteiger partial charge in [-0.1, -0.05) is 11.6 Å². The van der Waals surface area contributed by atoms with Gasteiger partial charge in [-0.15, -0.1) is 0 Å². The second-order valence-electron chi connectivity index (χ2n) is 4.39. The monoisotopic (exact) mass is 269 g/mol. The van der Waals surface area contributed by atoms with Gasteiger partial charge in [-0.05, 0) is 12.8 Å². The zero-order valence-corrected chi connectivity index (χ0v) is 10.7. The van der Waals surface area contributed by atoms with Crippen molar-refractivity contribution in [3.8, 4) is 0 Å². The number of nitrogens with zero attached hydrogens (tertiary/aromatic N) is 3. The molecule has 1 amide bonds. The topological polar surface area (TPSA) is 84.1 Å². The van der Waals surface area contributed by atoms with Crippen molar-refractivity contribution in [3.05, 3.63) is 17.5 Å². The number of halogens is 1. The van der Waals surface area contributed by atoms with Gasteiger partial charge >= 0.3 is 0 Å². The molecule has 18 heavy (non-hydrogen) atoms. The molecule has 1 aromatic rings. The Hall–Kier alpha value is -1.40. The number of carbonyl (C=O) groups is 1. The summed E-state index contributed by atoms with van der Waals surface area (Å²) in [5.74, 6) is 0.465. The summed E-state index contributed by atoms with van der Waals surface area (Å²) in [4.78, 5) is 20.8. The van der Waals surface area contributed by atoms with E-state index in [4.69, 9.17) is 17.3 Å². The van der Waals surface area contributed by atoms with E-state index in [1.165, 1.54) is 6.33 Å². The van der Waals surface area contributed by atoms with Gasteiger partial charge in [0.15, 0.2) is 0 Å². The number of rotatable bonds is 4. The number of carbonyl (C=O) groups excluding carboxylic acids is 1. The van der Waals surface area contributed by atoms with Crippen LogP contribution in [0, 0.1) is 0 Å². The van der Waals surface area contributed by atoms with Crippen LogP contribution in [0.1, 0.15) is 12.8 Å². The van der Waals surface area contributed by atoms with Crippen molar-refractivity contribution in [2.24, 2.45) is 5.73 Å². The third-order valence-corrected chi connectivity index (χ3v) is 3.16. The van der Waals surface area contributed by atoms with Gasteiger partial charge in [-0.2, -0.15) is 0 Å². The van der Waals surface area contributed by atoms with E-state index in [1.54, 1.807) is 6.07 Å². The maximum absolute atomic E-state index is 10.8. The molecule has 6 nitrogen and oxygen atoms in total. The molecule has 1 aliphatic heterocycles. The third-order valence-electron chi connectivity index (χ3n) is 2.95. The minimum atomic E-state index is -0.274. The van der Waals surface area contributed by atoms with E-state index in [9.17, 15) is 4.79 Å². The van der Waals surface area contributed by atoms with Gasteiger partial charge in [-0.3, -0.25) is 9.69 Å². The molecule has 1 saturated heterocycles. The maximum atomic E-state index is 10.8. The van der Waals surface area contributed by atoms with Crippen LogP contribution in [0.25, 0.3) is 0 Å². The smallest absolute Gasteiger partial charge is 0.231 e. The first-order valence-corrected chi connectivity index (χ1v) is 6.26. The summed E-state index contributed by atoms with van der Waals surface area (Å²) in [5.41, 5.74) is 5.17. The summed E-state index contributed by atoms with van der Waals surface area (Å²) in [7, 11) is 0. The molecule has 0 unspecified atom stereocenters. The molecule has 0 spiro atoms. The fraction of sp³-hybridized carbons (Fsp3) is 0.545. The third kappa shape index (κ3) is 3.82. The predicted molar refractivity (Wildman–Crippen MR) is 69.3 cm³/mol. The summed E-state index contributed by atoms with van der Waals surface area (Å²) < 4.78 is 0. The minimum absolute atomic E-state index is 0.274. The van der Waals surface area contributed by atoms with Gasteiger partial charge in [0, 0.05) is 25.2 Å². The van der Waals surface area contributed by atoms with E-state index < -0.39 is 0 Å². The number of hydrogen-bond donors (Lipinski definition) is 2. The fourth-order valence-corrected chi connectivity index (χ4v) is 2.22. The van der Waals surface area contributed by atoms with Gasteiger partial charge in [-0.25, -0.2) is 9.97 Å². The molecular formula is C11H16ClN5O. The van der Waals surface area contributed by atoms with Crippen LogP contribution < -0.4 is 11.1 Å². The Balaban J connectivity index is 1.81. The Labute approximate surface area is 111 Å². The van der Waals surface area contributed by atoms with Crippen LogP contribution in [0.4, 0.5) is 5.82 Å². The van der Waals surface area contributed by atoms with Gasteiger partial charge < -0.3 is 11.1 Å². The first-order valence-electron chi connectivity index (χ1n) is 5.88. The summed E-state index contributed by atoms with van der Waals surface area (Å²) >= 11 is 5.79. The maximum Gasteiger partial charge on any atom is 0.231 e. The molecular weight excluding hydrogens is 254 g/mol. The molecule has 0 aliphatic carbocycles. The van der Waals surface area contributed by atoms with Crippen LogP contribution in [-0.4, -0.2) is 46.5 Å². The van der Waals surface area contributed by atoms with Crippen LogP contribution >= 0.6 is 11.6 Å². The van der Waals surface area contributed by atoms with Crippen molar-refractivity contribution >= 4 is 23.3 Å². The molecule has 2 heterocycles. The zero-order valence-electron chi connectivity index (χ0n) is 9.97. The Kier molecular flexibility index (Phi) is 4.33. The SMILES string of the molecule is NC(=O)CN1CCC(Nc2cc(Cl)ncn2)CC1. The van der Waals surface area contributed by atoms with Crippen LogP contribution in [0.2, 0.25) is 5.15 Å².